The van der Waals surface area contributed by atoms with Crippen LogP contribution in [0.3, 0.4) is 0 Å². The molecule has 0 aliphatic rings. The van der Waals surface area contributed by atoms with Gasteiger partial charge in [-0.15, -0.1) is 0 Å². The van der Waals surface area contributed by atoms with Gasteiger partial charge in [0, 0.05) is 19.1 Å². The lowest BCUT2D eigenvalue weighted by Gasteiger charge is -2.14. The molecule has 6 nitrogen and oxygen atoms in total. The van der Waals surface area contributed by atoms with E-state index in [9.17, 15) is 9.59 Å². The molecule has 0 aromatic carbocycles. The van der Waals surface area contributed by atoms with Crippen LogP contribution in [0.25, 0.3) is 0 Å². The highest BCUT2D eigenvalue weighted by Crippen LogP contribution is 1.89. The molecule has 0 rings (SSSR count). The van der Waals surface area contributed by atoms with Crippen molar-refractivity contribution in [1.82, 2.24) is 15.5 Å². The molecule has 0 bridgehead atoms. The topological polar surface area (TPSA) is 81.7 Å². The number of amides is 2. The summed E-state index contributed by atoms with van der Waals surface area (Å²) >= 11 is 0. The lowest BCUT2D eigenvalue weighted by molar-refractivity contribution is -0.137. The molecule has 0 fully saturated rings. The largest absolute Gasteiger partial charge is 0.481 e. The normalized spacial score (nSPS) is 12.3. The monoisotopic (exact) mass is 217 g/mol. The quantitative estimate of drug-likeness (QED) is 0.571. The second-order valence-corrected chi connectivity index (χ2v) is 3.70. The van der Waals surface area contributed by atoms with Gasteiger partial charge in [0.25, 0.3) is 0 Å². The van der Waals surface area contributed by atoms with Crippen molar-refractivity contribution in [2.24, 2.45) is 0 Å². The zero-order chi connectivity index (χ0) is 11.8. The predicted octanol–water partition coefficient (Wildman–Crippen LogP) is -0.290. The number of carboxylic acids is 1. The minimum Gasteiger partial charge on any atom is -0.481 e. The summed E-state index contributed by atoms with van der Waals surface area (Å²) in [5.41, 5.74) is 0. The summed E-state index contributed by atoms with van der Waals surface area (Å²) in [5, 5.41) is 13.6. The first kappa shape index (κ1) is 13.7. The fourth-order valence-corrected chi connectivity index (χ4v) is 0.981. The Labute approximate surface area is 89.6 Å². The van der Waals surface area contributed by atoms with Crippen molar-refractivity contribution in [1.29, 1.82) is 0 Å². The van der Waals surface area contributed by atoms with Gasteiger partial charge in [-0.05, 0) is 21.0 Å². The number of aliphatic carboxylic acids is 1. The first-order valence-electron chi connectivity index (χ1n) is 4.82. The predicted molar refractivity (Wildman–Crippen MR) is 56.8 cm³/mol. The van der Waals surface area contributed by atoms with Crippen LogP contribution in [0.4, 0.5) is 4.79 Å². The van der Waals surface area contributed by atoms with E-state index in [2.05, 4.69) is 10.6 Å². The number of likely N-dealkylation sites (N-methyl/N-ethyl adjacent to an activating group) is 1. The van der Waals surface area contributed by atoms with E-state index >= 15 is 0 Å². The molecule has 2 amide bonds. The van der Waals surface area contributed by atoms with Crippen LogP contribution in [0.15, 0.2) is 0 Å². The summed E-state index contributed by atoms with van der Waals surface area (Å²) in [5.74, 6) is -0.920. The van der Waals surface area contributed by atoms with Gasteiger partial charge in [0.1, 0.15) is 0 Å². The van der Waals surface area contributed by atoms with Crippen LogP contribution in [0.5, 0.6) is 0 Å². The van der Waals surface area contributed by atoms with Crippen molar-refractivity contribution in [3.63, 3.8) is 0 Å². The Bertz CT molecular complexity index is 219. The van der Waals surface area contributed by atoms with E-state index in [4.69, 9.17) is 5.11 Å². The van der Waals surface area contributed by atoms with Crippen LogP contribution in [-0.4, -0.2) is 55.2 Å². The SMILES string of the molecule is CC(CC(=O)O)NC(=O)NCCN(C)C. The molecule has 0 aliphatic carbocycles. The maximum Gasteiger partial charge on any atom is 0.315 e. The van der Waals surface area contributed by atoms with E-state index in [-0.39, 0.29) is 18.5 Å². The summed E-state index contributed by atoms with van der Waals surface area (Å²) < 4.78 is 0. The Kier molecular flexibility index (Phi) is 6.44. The standard InChI is InChI=1S/C9H19N3O3/c1-7(6-8(13)14)11-9(15)10-4-5-12(2)3/h7H,4-6H2,1-3H3,(H,13,14)(H2,10,11,15). The molecule has 6 heteroatoms. The number of hydrogen-bond donors (Lipinski definition) is 3. The van der Waals surface area contributed by atoms with Crippen molar-refractivity contribution in [3.05, 3.63) is 0 Å². The number of hydrogen-bond acceptors (Lipinski definition) is 3. The Morgan fingerprint density at radius 3 is 2.47 bits per heavy atom. The molecule has 0 saturated carbocycles. The van der Waals surface area contributed by atoms with E-state index in [0.717, 1.165) is 6.54 Å². The molecule has 3 N–H and O–H groups in total. The summed E-state index contributed by atoms with van der Waals surface area (Å²) in [4.78, 5) is 23.4. The van der Waals surface area contributed by atoms with Crippen LogP contribution in [0.2, 0.25) is 0 Å². The maximum absolute atomic E-state index is 11.2. The molecular formula is C9H19N3O3. The number of carboxylic acid groups (broad SMARTS) is 1. The van der Waals surface area contributed by atoms with Crippen LogP contribution >= 0.6 is 0 Å². The van der Waals surface area contributed by atoms with Gasteiger partial charge in [0.15, 0.2) is 0 Å². The van der Waals surface area contributed by atoms with Crippen LogP contribution < -0.4 is 10.6 Å². The van der Waals surface area contributed by atoms with E-state index in [1.54, 1.807) is 6.92 Å². The molecule has 0 heterocycles. The van der Waals surface area contributed by atoms with E-state index in [1.807, 2.05) is 19.0 Å². The van der Waals surface area contributed by atoms with Crippen LogP contribution in [0.1, 0.15) is 13.3 Å². The third-order valence-electron chi connectivity index (χ3n) is 1.70. The fraction of sp³-hybridized carbons (Fsp3) is 0.778. The number of nitrogens with one attached hydrogen (secondary N) is 2. The van der Waals surface area contributed by atoms with Gasteiger partial charge in [-0.2, -0.15) is 0 Å². The molecule has 88 valence electrons. The number of urea groups is 1. The lowest BCUT2D eigenvalue weighted by Crippen LogP contribution is -2.43. The van der Waals surface area contributed by atoms with Gasteiger partial charge in [-0.25, -0.2) is 4.79 Å². The third kappa shape index (κ3) is 9.01. The van der Waals surface area contributed by atoms with Crippen molar-refractivity contribution in [2.75, 3.05) is 27.2 Å². The number of carbonyl (C=O) groups excluding carboxylic acids is 1. The Balaban J connectivity index is 3.60. The van der Waals surface area contributed by atoms with Gasteiger partial charge in [0.05, 0.1) is 6.42 Å². The average molecular weight is 217 g/mol. The Morgan fingerprint density at radius 2 is 2.00 bits per heavy atom. The minimum absolute atomic E-state index is 0.0684. The van der Waals surface area contributed by atoms with Gasteiger partial charge in [-0.3, -0.25) is 4.79 Å². The number of rotatable bonds is 6. The van der Waals surface area contributed by atoms with Crippen molar-refractivity contribution >= 4 is 12.0 Å². The highest BCUT2D eigenvalue weighted by molar-refractivity contribution is 5.75. The van der Waals surface area contributed by atoms with E-state index in [0.29, 0.717) is 6.54 Å². The second-order valence-electron chi connectivity index (χ2n) is 3.70. The molecule has 0 aliphatic heterocycles. The van der Waals surface area contributed by atoms with E-state index in [1.165, 1.54) is 0 Å². The van der Waals surface area contributed by atoms with Crippen molar-refractivity contribution in [3.8, 4) is 0 Å². The molecule has 0 radical (unpaired) electrons. The number of carbonyl (C=O) groups is 2. The summed E-state index contributed by atoms with van der Waals surface area (Å²) in [6.07, 6.45) is -0.0684. The van der Waals surface area contributed by atoms with Crippen molar-refractivity contribution in [2.45, 2.75) is 19.4 Å². The average Bonchev–Trinajstić information content (AvgIpc) is 2.00. The smallest absolute Gasteiger partial charge is 0.315 e. The summed E-state index contributed by atoms with van der Waals surface area (Å²) in [6.45, 7) is 2.94. The zero-order valence-electron chi connectivity index (χ0n) is 9.41. The molecule has 1 atom stereocenters. The molecule has 0 aromatic rings. The molecular weight excluding hydrogens is 198 g/mol. The van der Waals surface area contributed by atoms with Gasteiger partial charge < -0.3 is 20.6 Å². The highest BCUT2D eigenvalue weighted by Gasteiger charge is 2.09. The second kappa shape index (κ2) is 7.05. The van der Waals surface area contributed by atoms with E-state index < -0.39 is 5.97 Å². The third-order valence-corrected chi connectivity index (χ3v) is 1.70. The zero-order valence-corrected chi connectivity index (χ0v) is 9.41. The van der Waals surface area contributed by atoms with Gasteiger partial charge in [-0.1, -0.05) is 0 Å². The maximum atomic E-state index is 11.2. The van der Waals surface area contributed by atoms with Crippen molar-refractivity contribution < 1.29 is 14.7 Å². The summed E-state index contributed by atoms with van der Waals surface area (Å²) in [6, 6.07) is -0.688. The molecule has 15 heavy (non-hydrogen) atoms. The van der Waals surface area contributed by atoms with Gasteiger partial charge >= 0.3 is 12.0 Å². The first-order valence-corrected chi connectivity index (χ1v) is 4.82. The van der Waals surface area contributed by atoms with Gasteiger partial charge in [0.2, 0.25) is 0 Å². The molecule has 0 aromatic heterocycles. The molecule has 0 spiro atoms. The summed E-state index contributed by atoms with van der Waals surface area (Å²) in [7, 11) is 3.82. The number of nitrogens with zero attached hydrogens (tertiary/aromatic N) is 1. The minimum atomic E-state index is -0.920. The molecule has 1 unspecified atom stereocenters. The Morgan fingerprint density at radius 1 is 1.40 bits per heavy atom. The van der Waals surface area contributed by atoms with Crippen LogP contribution in [0, 0.1) is 0 Å². The Hall–Kier alpha value is -1.30. The first-order chi connectivity index (χ1) is 6.91. The lowest BCUT2D eigenvalue weighted by atomic mass is 10.2. The molecule has 0 saturated heterocycles. The fourth-order valence-electron chi connectivity index (χ4n) is 0.981. The van der Waals surface area contributed by atoms with Crippen LogP contribution in [-0.2, 0) is 4.79 Å². The highest BCUT2D eigenvalue weighted by atomic mass is 16.4.